The van der Waals surface area contributed by atoms with Gasteiger partial charge >= 0.3 is 5.97 Å². The minimum atomic E-state index is -3.89. The minimum absolute atomic E-state index is 0.0309. The van der Waals surface area contributed by atoms with Crippen molar-refractivity contribution in [1.82, 2.24) is 9.62 Å². The molecule has 32 heavy (non-hydrogen) atoms. The summed E-state index contributed by atoms with van der Waals surface area (Å²) in [5.74, 6) is -0.618. The topological polar surface area (TPSA) is 111 Å². The van der Waals surface area contributed by atoms with Gasteiger partial charge in [-0.25, -0.2) is 13.2 Å². The Bertz CT molecular complexity index is 928. The maximum atomic E-state index is 13.1. The van der Waals surface area contributed by atoms with Crippen LogP contribution in [0.25, 0.3) is 0 Å². The summed E-state index contributed by atoms with van der Waals surface area (Å²) in [4.78, 5) is 25.1. The predicted octanol–water partition coefficient (Wildman–Crippen LogP) is 1.96. The number of ether oxygens (including phenoxy) is 3. The first-order valence-electron chi connectivity index (χ1n) is 11.0. The number of esters is 1. The number of carbonyl (C=O) groups excluding carboxylic acids is 2. The molecule has 1 amide bonds. The lowest BCUT2D eigenvalue weighted by molar-refractivity contribution is -0.130. The average Bonchev–Trinajstić information content (AvgIpc) is 2.80. The van der Waals surface area contributed by atoms with Crippen LogP contribution in [0, 0.1) is 5.92 Å². The Labute approximate surface area is 189 Å². The van der Waals surface area contributed by atoms with Gasteiger partial charge in [0.25, 0.3) is 5.91 Å². The molecule has 2 fully saturated rings. The highest BCUT2D eigenvalue weighted by Gasteiger charge is 2.31. The molecule has 0 bridgehead atoms. The van der Waals surface area contributed by atoms with E-state index in [0.717, 1.165) is 25.7 Å². The molecule has 0 spiro atoms. The van der Waals surface area contributed by atoms with Gasteiger partial charge in [-0.1, -0.05) is 19.8 Å². The Morgan fingerprint density at radius 3 is 2.53 bits per heavy atom. The van der Waals surface area contributed by atoms with Gasteiger partial charge in [0, 0.05) is 19.1 Å². The number of amides is 1. The highest BCUT2D eigenvalue weighted by atomic mass is 32.2. The van der Waals surface area contributed by atoms with Crippen LogP contribution in [0.1, 0.15) is 49.9 Å². The Balaban J connectivity index is 1.72. The van der Waals surface area contributed by atoms with E-state index in [0.29, 0.717) is 19.1 Å². The van der Waals surface area contributed by atoms with Crippen molar-refractivity contribution >= 4 is 21.9 Å². The SMILES string of the molecule is COc1ccc(C(=O)O[C@H](C)C(=O)N[C@H]2CCCC[C@@H]2C)cc1S(=O)(=O)N1CCOCC1. The molecule has 10 heteroatoms. The van der Waals surface area contributed by atoms with Crippen LogP contribution in [-0.2, 0) is 24.3 Å². The number of rotatable bonds is 7. The minimum Gasteiger partial charge on any atom is -0.495 e. The summed E-state index contributed by atoms with van der Waals surface area (Å²) in [6.45, 7) is 4.66. The van der Waals surface area contributed by atoms with E-state index in [4.69, 9.17) is 14.2 Å². The van der Waals surface area contributed by atoms with Gasteiger partial charge in [0.2, 0.25) is 10.0 Å². The second-order valence-corrected chi connectivity index (χ2v) is 10.2. The molecule has 0 aromatic heterocycles. The zero-order chi connectivity index (χ0) is 23.3. The van der Waals surface area contributed by atoms with Crippen LogP contribution in [0.4, 0.5) is 0 Å². The van der Waals surface area contributed by atoms with Crippen molar-refractivity contribution < 1.29 is 32.2 Å². The maximum Gasteiger partial charge on any atom is 0.338 e. The van der Waals surface area contributed by atoms with Gasteiger partial charge in [-0.3, -0.25) is 4.79 Å². The fraction of sp³-hybridized carbons (Fsp3) is 0.636. The first-order chi connectivity index (χ1) is 15.2. The number of nitrogens with zero attached hydrogens (tertiary/aromatic N) is 1. The molecular weight excluding hydrogens is 436 g/mol. The average molecular weight is 469 g/mol. The summed E-state index contributed by atoms with van der Waals surface area (Å²) in [6, 6.07) is 4.15. The first-order valence-corrected chi connectivity index (χ1v) is 12.5. The third kappa shape index (κ3) is 5.60. The molecule has 1 heterocycles. The van der Waals surface area contributed by atoms with Crippen LogP contribution in [-0.4, -0.2) is 70.2 Å². The van der Waals surface area contributed by atoms with Gasteiger partial charge in [-0.15, -0.1) is 0 Å². The van der Waals surface area contributed by atoms with E-state index in [1.54, 1.807) is 0 Å². The Morgan fingerprint density at radius 2 is 1.88 bits per heavy atom. The summed E-state index contributed by atoms with van der Waals surface area (Å²) in [5.41, 5.74) is 0.0309. The first kappa shape index (κ1) is 24.5. The molecule has 3 atom stereocenters. The molecule has 1 saturated carbocycles. The second-order valence-electron chi connectivity index (χ2n) is 8.31. The molecule has 9 nitrogen and oxygen atoms in total. The van der Waals surface area contributed by atoms with E-state index in [9.17, 15) is 18.0 Å². The van der Waals surface area contributed by atoms with Crippen LogP contribution >= 0.6 is 0 Å². The molecule has 1 aromatic rings. The lowest BCUT2D eigenvalue weighted by Gasteiger charge is -2.30. The van der Waals surface area contributed by atoms with Crippen molar-refractivity contribution in [3.8, 4) is 5.75 Å². The Morgan fingerprint density at radius 1 is 1.19 bits per heavy atom. The predicted molar refractivity (Wildman–Crippen MR) is 117 cm³/mol. The summed E-state index contributed by atoms with van der Waals surface area (Å²) in [7, 11) is -2.52. The van der Waals surface area contributed by atoms with E-state index in [1.165, 1.54) is 36.5 Å². The third-order valence-electron chi connectivity index (χ3n) is 6.08. The lowest BCUT2D eigenvalue weighted by Crippen LogP contribution is -2.46. The summed E-state index contributed by atoms with van der Waals surface area (Å²) < 4.78 is 43.3. The fourth-order valence-electron chi connectivity index (χ4n) is 4.04. The molecule has 1 aliphatic heterocycles. The van der Waals surface area contributed by atoms with Crippen molar-refractivity contribution in [2.45, 2.75) is 56.6 Å². The van der Waals surface area contributed by atoms with Gasteiger partial charge in [0.15, 0.2) is 6.10 Å². The molecule has 2 aliphatic rings. The zero-order valence-corrected chi connectivity index (χ0v) is 19.7. The number of sulfonamides is 1. The van der Waals surface area contributed by atoms with Gasteiger partial charge in [-0.05, 0) is 43.9 Å². The van der Waals surface area contributed by atoms with E-state index in [2.05, 4.69) is 12.2 Å². The lowest BCUT2D eigenvalue weighted by atomic mass is 9.86. The summed E-state index contributed by atoms with van der Waals surface area (Å²) in [5, 5.41) is 2.97. The summed E-state index contributed by atoms with van der Waals surface area (Å²) >= 11 is 0. The zero-order valence-electron chi connectivity index (χ0n) is 18.8. The second kappa shape index (κ2) is 10.6. The van der Waals surface area contributed by atoms with Crippen LogP contribution in [0.2, 0.25) is 0 Å². The van der Waals surface area contributed by atoms with E-state index in [1.807, 2.05) is 0 Å². The molecule has 1 aromatic carbocycles. The number of hydrogen-bond acceptors (Lipinski definition) is 7. The van der Waals surface area contributed by atoms with Crippen molar-refractivity contribution in [1.29, 1.82) is 0 Å². The van der Waals surface area contributed by atoms with Crippen LogP contribution < -0.4 is 10.1 Å². The van der Waals surface area contributed by atoms with Crippen LogP contribution in [0.3, 0.4) is 0 Å². The van der Waals surface area contributed by atoms with E-state index < -0.39 is 22.1 Å². The molecule has 3 rings (SSSR count). The van der Waals surface area contributed by atoms with Gasteiger partial charge in [0.1, 0.15) is 10.6 Å². The molecule has 0 unspecified atom stereocenters. The number of methoxy groups -OCH3 is 1. The molecule has 1 aliphatic carbocycles. The van der Waals surface area contributed by atoms with Crippen LogP contribution in [0.5, 0.6) is 5.75 Å². The van der Waals surface area contributed by atoms with E-state index >= 15 is 0 Å². The number of hydrogen-bond donors (Lipinski definition) is 1. The van der Waals surface area contributed by atoms with E-state index in [-0.39, 0.29) is 41.2 Å². The summed E-state index contributed by atoms with van der Waals surface area (Å²) in [6.07, 6.45) is 3.19. The molecule has 178 valence electrons. The van der Waals surface area contributed by atoms with Crippen LogP contribution in [0.15, 0.2) is 23.1 Å². The highest BCUT2D eigenvalue weighted by Crippen LogP contribution is 2.29. The number of benzene rings is 1. The maximum absolute atomic E-state index is 13.1. The number of nitrogens with one attached hydrogen (secondary N) is 1. The molecule has 1 saturated heterocycles. The van der Waals surface area contributed by atoms with Gasteiger partial charge in [0.05, 0.1) is 25.9 Å². The Hall–Kier alpha value is -2.17. The van der Waals surface area contributed by atoms with Crippen molar-refractivity contribution in [2.24, 2.45) is 5.92 Å². The van der Waals surface area contributed by atoms with Gasteiger partial charge < -0.3 is 19.5 Å². The fourth-order valence-corrected chi connectivity index (χ4v) is 5.63. The largest absolute Gasteiger partial charge is 0.495 e. The van der Waals surface area contributed by atoms with Crippen molar-refractivity contribution in [3.63, 3.8) is 0 Å². The third-order valence-corrected chi connectivity index (χ3v) is 8.00. The normalized spacial score (nSPS) is 23.2. The molecule has 1 N–H and O–H groups in total. The van der Waals surface area contributed by atoms with Crippen molar-refractivity contribution in [2.75, 3.05) is 33.4 Å². The quantitative estimate of drug-likeness (QED) is 0.609. The number of carbonyl (C=O) groups is 2. The molecule has 0 radical (unpaired) electrons. The monoisotopic (exact) mass is 468 g/mol. The smallest absolute Gasteiger partial charge is 0.338 e. The van der Waals surface area contributed by atoms with Gasteiger partial charge in [-0.2, -0.15) is 4.31 Å². The van der Waals surface area contributed by atoms with Crippen molar-refractivity contribution in [3.05, 3.63) is 23.8 Å². The Kier molecular flexibility index (Phi) is 8.13. The standard InChI is InChI=1S/C22H32N2O7S/c1-15-6-4-5-7-18(15)23-21(25)16(2)31-22(26)17-8-9-19(29-3)20(14-17)32(27,28)24-10-12-30-13-11-24/h8-9,14-16,18H,4-7,10-13H2,1-3H3,(H,23,25)/t15-,16+,18-/m0/s1. The number of morpholine rings is 1. The highest BCUT2D eigenvalue weighted by molar-refractivity contribution is 7.89. The molecular formula is C22H32N2O7S.